The first-order chi connectivity index (χ1) is 15.1. The second-order valence-electron chi connectivity index (χ2n) is 9.08. The first-order valence-electron chi connectivity index (χ1n) is 11.4. The maximum absolute atomic E-state index is 13.2. The molecule has 2 rings (SSSR count). The van der Waals surface area contributed by atoms with Crippen LogP contribution in [-0.2, 0) is 19.2 Å². The van der Waals surface area contributed by atoms with Crippen LogP contribution in [0.2, 0.25) is 0 Å². The number of aromatic amines is 1. The van der Waals surface area contributed by atoms with E-state index in [1.807, 2.05) is 27.7 Å². The number of aromatic nitrogens is 3. The number of unbranched alkanes of at least 4 members (excludes halogenated alkanes) is 2. The Morgan fingerprint density at radius 3 is 2.28 bits per heavy atom. The summed E-state index contributed by atoms with van der Waals surface area (Å²) in [5.41, 5.74) is 0.680. The molecule has 10 heteroatoms. The molecule has 10 nitrogen and oxygen atoms in total. The lowest BCUT2D eigenvalue weighted by Gasteiger charge is -2.34. The van der Waals surface area contributed by atoms with Gasteiger partial charge in [-0.25, -0.2) is 0 Å². The van der Waals surface area contributed by atoms with Crippen molar-refractivity contribution in [1.29, 1.82) is 0 Å². The van der Waals surface area contributed by atoms with E-state index in [4.69, 9.17) is 0 Å². The molecule has 4 amide bonds. The van der Waals surface area contributed by atoms with Crippen LogP contribution in [0.15, 0.2) is 6.20 Å². The fraction of sp³-hybridized carbons (Fsp3) is 0.727. The van der Waals surface area contributed by atoms with Gasteiger partial charge in [-0.2, -0.15) is 0 Å². The van der Waals surface area contributed by atoms with Crippen LogP contribution < -0.4 is 5.32 Å². The lowest BCUT2D eigenvalue weighted by atomic mass is 9.96. The van der Waals surface area contributed by atoms with Gasteiger partial charge >= 0.3 is 0 Å². The fourth-order valence-electron chi connectivity index (χ4n) is 4.06. The summed E-state index contributed by atoms with van der Waals surface area (Å²) >= 11 is 0. The van der Waals surface area contributed by atoms with Crippen molar-refractivity contribution in [3.8, 4) is 0 Å². The highest BCUT2D eigenvalue weighted by Gasteiger charge is 2.33. The number of hydrogen-bond acceptors (Lipinski definition) is 6. The topological polar surface area (TPSA) is 128 Å². The fourth-order valence-corrected chi connectivity index (χ4v) is 4.06. The zero-order valence-electron chi connectivity index (χ0n) is 19.8. The summed E-state index contributed by atoms with van der Waals surface area (Å²) in [4.78, 5) is 51.9. The van der Waals surface area contributed by atoms with Crippen molar-refractivity contribution >= 4 is 23.6 Å². The molecule has 1 saturated heterocycles. The average Bonchev–Trinajstić information content (AvgIpc) is 3.36. The third kappa shape index (κ3) is 6.61. The minimum absolute atomic E-state index is 0.0776. The summed E-state index contributed by atoms with van der Waals surface area (Å²) in [6.07, 6.45) is 4.60. The van der Waals surface area contributed by atoms with Crippen LogP contribution in [0.25, 0.3) is 0 Å². The van der Waals surface area contributed by atoms with Crippen molar-refractivity contribution in [3.05, 3.63) is 11.9 Å². The molecule has 1 aliphatic rings. The van der Waals surface area contributed by atoms with E-state index in [1.165, 1.54) is 4.90 Å². The molecular formula is C22H36N6O4. The molecule has 0 unspecified atom stereocenters. The SMILES string of the molecule is CC(C)[C@H](NC(=O)CCCCCN1C(=O)CCC1=O)C(=O)N(C)[C@H](c1c[nH]nn1)C(C)C. The normalized spacial score (nSPS) is 16.0. The van der Waals surface area contributed by atoms with Crippen molar-refractivity contribution < 1.29 is 19.2 Å². The van der Waals surface area contributed by atoms with Crippen molar-refractivity contribution in [2.24, 2.45) is 11.8 Å². The van der Waals surface area contributed by atoms with Crippen molar-refractivity contribution in [2.45, 2.75) is 78.3 Å². The number of carbonyl (C=O) groups excluding carboxylic acids is 4. The van der Waals surface area contributed by atoms with Crippen LogP contribution in [0.5, 0.6) is 0 Å². The molecule has 1 aromatic heterocycles. The molecule has 1 aromatic rings. The van der Waals surface area contributed by atoms with Gasteiger partial charge < -0.3 is 10.2 Å². The third-order valence-electron chi connectivity index (χ3n) is 5.82. The van der Waals surface area contributed by atoms with Crippen LogP contribution in [0.4, 0.5) is 0 Å². The first-order valence-corrected chi connectivity index (χ1v) is 11.4. The van der Waals surface area contributed by atoms with E-state index >= 15 is 0 Å². The molecule has 0 aliphatic carbocycles. The van der Waals surface area contributed by atoms with Crippen LogP contribution in [0.3, 0.4) is 0 Å². The Morgan fingerprint density at radius 2 is 1.75 bits per heavy atom. The number of hydrogen-bond donors (Lipinski definition) is 2. The number of amides is 4. The molecule has 1 aliphatic heterocycles. The minimum atomic E-state index is -0.638. The highest BCUT2D eigenvalue weighted by atomic mass is 16.2. The van der Waals surface area contributed by atoms with Crippen molar-refractivity contribution in [2.75, 3.05) is 13.6 Å². The standard InChI is InChI=1S/C22H36N6O4/c1-14(2)20(22(32)27(5)21(15(3)4)16-13-23-26-25-16)24-17(29)9-7-6-8-12-28-18(30)10-11-19(28)31/h13-15,20-21H,6-12H2,1-5H3,(H,24,29)(H,23,25,26)/t20-,21-/m0/s1. The van der Waals surface area contributed by atoms with E-state index in [0.29, 0.717) is 44.3 Å². The Balaban J connectivity index is 1.84. The van der Waals surface area contributed by atoms with Gasteiger partial charge in [-0.05, 0) is 24.7 Å². The van der Waals surface area contributed by atoms with Crippen molar-refractivity contribution in [1.82, 2.24) is 30.5 Å². The number of rotatable bonds is 12. The first kappa shape index (κ1) is 25.5. The second kappa shape index (κ2) is 11.7. The Hall–Kier alpha value is -2.78. The Morgan fingerprint density at radius 1 is 1.09 bits per heavy atom. The predicted molar refractivity (Wildman–Crippen MR) is 118 cm³/mol. The van der Waals surface area contributed by atoms with Crippen LogP contribution in [0, 0.1) is 11.8 Å². The van der Waals surface area contributed by atoms with Gasteiger partial charge in [0.15, 0.2) is 0 Å². The number of nitrogens with one attached hydrogen (secondary N) is 2. The summed E-state index contributed by atoms with van der Waals surface area (Å²) in [7, 11) is 1.73. The molecule has 1 fully saturated rings. The largest absolute Gasteiger partial charge is 0.344 e. The average molecular weight is 449 g/mol. The second-order valence-corrected chi connectivity index (χ2v) is 9.08. The van der Waals surface area contributed by atoms with E-state index in [-0.39, 0.29) is 41.5 Å². The Kier molecular flexibility index (Phi) is 9.34. The van der Waals surface area contributed by atoms with E-state index in [1.54, 1.807) is 18.1 Å². The molecule has 0 bridgehead atoms. The highest BCUT2D eigenvalue weighted by molar-refractivity contribution is 6.01. The zero-order valence-corrected chi connectivity index (χ0v) is 19.8. The van der Waals surface area contributed by atoms with Gasteiger partial charge in [-0.15, -0.1) is 5.10 Å². The Labute approximate surface area is 189 Å². The number of likely N-dealkylation sites (N-methyl/N-ethyl adjacent to an activating group) is 1. The quantitative estimate of drug-likeness (QED) is 0.371. The number of H-pyrrole nitrogens is 1. The van der Waals surface area contributed by atoms with E-state index in [2.05, 4.69) is 20.7 Å². The minimum Gasteiger partial charge on any atom is -0.344 e. The molecule has 32 heavy (non-hydrogen) atoms. The highest BCUT2D eigenvalue weighted by Crippen LogP contribution is 2.26. The van der Waals surface area contributed by atoms with Gasteiger partial charge in [-0.1, -0.05) is 39.3 Å². The van der Waals surface area contributed by atoms with Gasteiger partial charge in [0.25, 0.3) is 0 Å². The molecule has 178 valence electrons. The van der Waals surface area contributed by atoms with Crippen molar-refractivity contribution in [3.63, 3.8) is 0 Å². The maximum atomic E-state index is 13.2. The molecule has 0 aromatic carbocycles. The number of nitrogens with zero attached hydrogens (tertiary/aromatic N) is 4. The number of carbonyl (C=O) groups is 4. The van der Waals surface area contributed by atoms with Gasteiger partial charge in [0.05, 0.1) is 6.04 Å². The zero-order chi connectivity index (χ0) is 23.8. The lowest BCUT2D eigenvalue weighted by molar-refractivity contribution is -0.139. The molecule has 2 atom stereocenters. The summed E-state index contributed by atoms with van der Waals surface area (Å²) < 4.78 is 0. The third-order valence-corrected chi connectivity index (χ3v) is 5.82. The number of likely N-dealkylation sites (tertiary alicyclic amines) is 1. The predicted octanol–water partition coefficient (Wildman–Crippen LogP) is 1.81. The van der Waals surface area contributed by atoms with Gasteiger partial charge in [0.1, 0.15) is 11.7 Å². The van der Waals surface area contributed by atoms with Gasteiger partial charge in [0, 0.05) is 39.1 Å². The number of imide groups is 1. The summed E-state index contributed by atoms with van der Waals surface area (Å²) in [5, 5.41) is 13.4. The smallest absolute Gasteiger partial charge is 0.245 e. The molecular weight excluding hydrogens is 412 g/mol. The molecule has 0 radical (unpaired) electrons. The summed E-state index contributed by atoms with van der Waals surface area (Å²) in [6.45, 7) is 8.24. The summed E-state index contributed by atoms with van der Waals surface area (Å²) in [6, 6.07) is -0.893. The van der Waals surface area contributed by atoms with E-state index in [9.17, 15) is 19.2 Å². The lowest BCUT2D eigenvalue weighted by Crippen LogP contribution is -2.51. The van der Waals surface area contributed by atoms with Crippen LogP contribution in [-0.4, -0.2) is 68.5 Å². The van der Waals surface area contributed by atoms with Gasteiger partial charge in [0.2, 0.25) is 23.6 Å². The molecule has 0 spiro atoms. The van der Waals surface area contributed by atoms with E-state index in [0.717, 1.165) is 6.42 Å². The van der Waals surface area contributed by atoms with Gasteiger partial charge in [-0.3, -0.25) is 29.2 Å². The van der Waals surface area contributed by atoms with Crippen LogP contribution >= 0.6 is 0 Å². The molecule has 2 N–H and O–H groups in total. The van der Waals surface area contributed by atoms with E-state index < -0.39 is 6.04 Å². The van der Waals surface area contributed by atoms with Crippen LogP contribution in [0.1, 0.15) is 78.0 Å². The maximum Gasteiger partial charge on any atom is 0.245 e. The molecule has 0 saturated carbocycles. The Bertz CT molecular complexity index is 776. The molecule has 2 heterocycles. The monoisotopic (exact) mass is 448 g/mol. The summed E-state index contributed by atoms with van der Waals surface area (Å²) in [5.74, 6) is -0.526.